The molecule has 0 spiro atoms. The van der Waals surface area contributed by atoms with Crippen molar-refractivity contribution in [1.82, 2.24) is 5.32 Å². The van der Waals surface area contributed by atoms with E-state index in [9.17, 15) is 9.59 Å². The van der Waals surface area contributed by atoms with Crippen molar-refractivity contribution in [2.24, 2.45) is 0 Å². The van der Waals surface area contributed by atoms with Crippen molar-refractivity contribution >= 4 is 29.2 Å². The number of carbonyl (C=O) groups is 2. The number of carbonyl (C=O) groups excluding carboxylic acids is 2. The molecule has 188 valence electrons. The predicted molar refractivity (Wildman–Crippen MR) is 142 cm³/mol. The number of piperidine rings is 1. The summed E-state index contributed by atoms with van der Waals surface area (Å²) in [7, 11) is 2.81. The standard InChI is InChI=1S/C29H31ClN2O4/c1-35-26-18-20(10-15-24(26)29(34)36-2)19-27(33)31-28(21-11-13-22(30)14-12-21)23-8-4-5-9-25(23)32-16-6-3-7-17-32/h4-5,8-15,18,28H,3,6-7,16-17,19H2,1-2H3,(H,31,33). The number of nitrogens with one attached hydrogen (secondary N) is 1. The summed E-state index contributed by atoms with van der Waals surface area (Å²) >= 11 is 6.16. The molecular weight excluding hydrogens is 476 g/mol. The van der Waals surface area contributed by atoms with E-state index in [0.717, 1.165) is 48.3 Å². The molecule has 1 amide bonds. The first-order chi connectivity index (χ1) is 17.5. The highest BCUT2D eigenvalue weighted by Crippen LogP contribution is 2.33. The lowest BCUT2D eigenvalue weighted by Gasteiger charge is -2.33. The summed E-state index contributed by atoms with van der Waals surface area (Å²) in [5, 5.41) is 3.89. The summed E-state index contributed by atoms with van der Waals surface area (Å²) in [6, 6.07) is 20.6. The third-order valence-electron chi connectivity index (χ3n) is 6.49. The van der Waals surface area contributed by atoms with E-state index in [1.54, 1.807) is 18.2 Å². The monoisotopic (exact) mass is 506 g/mol. The quantitative estimate of drug-likeness (QED) is 0.404. The molecule has 3 aromatic rings. The van der Waals surface area contributed by atoms with Crippen LogP contribution in [-0.2, 0) is 16.0 Å². The Labute approximate surface area is 217 Å². The SMILES string of the molecule is COC(=O)c1ccc(CC(=O)NC(c2ccc(Cl)cc2)c2ccccc2N2CCCCC2)cc1OC. The Morgan fingerprint density at radius 3 is 2.39 bits per heavy atom. The molecule has 0 bridgehead atoms. The number of benzene rings is 3. The highest BCUT2D eigenvalue weighted by molar-refractivity contribution is 6.30. The van der Waals surface area contributed by atoms with Crippen molar-refractivity contribution < 1.29 is 19.1 Å². The predicted octanol–water partition coefficient (Wildman–Crippen LogP) is 5.57. The van der Waals surface area contributed by atoms with Gasteiger partial charge in [0.2, 0.25) is 5.91 Å². The van der Waals surface area contributed by atoms with Gasteiger partial charge in [-0.15, -0.1) is 0 Å². The van der Waals surface area contributed by atoms with Gasteiger partial charge in [0.1, 0.15) is 11.3 Å². The van der Waals surface area contributed by atoms with Crippen LogP contribution in [0.4, 0.5) is 5.69 Å². The van der Waals surface area contributed by atoms with Crippen LogP contribution < -0.4 is 15.0 Å². The second kappa shape index (κ2) is 12.0. The van der Waals surface area contributed by atoms with Gasteiger partial charge in [0, 0.05) is 29.4 Å². The number of nitrogens with zero attached hydrogens (tertiary/aromatic N) is 1. The molecule has 1 atom stereocenters. The van der Waals surface area contributed by atoms with Gasteiger partial charge in [-0.1, -0.05) is 48.0 Å². The summed E-state index contributed by atoms with van der Waals surface area (Å²) in [5.41, 5.74) is 4.20. The Kier molecular flexibility index (Phi) is 8.49. The van der Waals surface area contributed by atoms with Crippen molar-refractivity contribution in [3.05, 3.63) is 94.0 Å². The van der Waals surface area contributed by atoms with E-state index in [-0.39, 0.29) is 18.4 Å². The number of anilines is 1. The van der Waals surface area contributed by atoms with E-state index < -0.39 is 5.97 Å². The summed E-state index contributed by atoms with van der Waals surface area (Å²) in [6.45, 7) is 2.01. The molecule has 0 aromatic heterocycles. The van der Waals surface area contributed by atoms with Crippen LogP contribution in [0.15, 0.2) is 66.7 Å². The zero-order valence-electron chi connectivity index (χ0n) is 20.6. The molecule has 1 aliphatic heterocycles. The Morgan fingerprint density at radius 2 is 1.69 bits per heavy atom. The molecule has 3 aromatic carbocycles. The minimum atomic E-state index is -0.486. The van der Waals surface area contributed by atoms with Crippen LogP contribution in [0.2, 0.25) is 5.02 Å². The van der Waals surface area contributed by atoms with Crippen LogP contribution in [0.25, 0.3) is 0 Å². The van der Waals surface area contributed by atoms with Crippen molar-refractivity contribution in [1.29, 1.82) is 0 Å². The van der Waals surface area contributed by atoms with Gasteiger partial charge in [-0.05, 0) is 60.7 Å². The van der Waals surface area contributed by atoms with Crippen LogP contribution in [0.3, 0.4) is 0 Å². The smallest absolute Gasteiger partial charge is 0.341 e. The fraction of sp³-hybridized carbons (Fsp3) is 0.310. The number of esters is 1. The number of ether oxygens (including phenoxy) is 2. The Balaban J connectivity index is 1.62. The molecule has 4 rings (SSSR count). The topological polar surface area (TPSA) is 67.9 Å². The van der Waals surface area contributed by atoms with E-state index in [0.29, 0.717) is 16.3 Å². The number of halogens is 1. The minimum Gasteiger partial charge on any atom is -0.496 e. The zero-order valence-corrected chi connectivity index (χ0v) is 21.4. The number of amides is 1. The summed E-state index contributed by atoms with van der Waals surface area (Å²) < 4.78 is 10.2. The number of methoxy groups -OCH3 is 2. The largest absolute Gasteiger partial charge is 0.496 e. The second-order valence-corrected chi connectivity index (χ2v) is 9.30. The normalized spacial score (nSPS) is 14.1. The molecule has 0 radical (unpaired) electrons. The highest BCUT2D eigenvalue weighted by Gasteiger charge is 2.24. The molecule has 0 saturated carbocycles. The first-order valence-electron chi connectivity index (χ1n) is 12.1. The third-order valence-corrected chi connectivity index (χ3v) is 6.74. The third kappa shape index (κ3) is 6.00. The zero-order chi connectivity index (χ0) is 25.5. The molecule has 0 aliphatic carbocycles. The van der Waals surface area contributed by atoms with Crippen LogP contribution in [-0.4, -0.2) is 39.2 Å². The first-order valence-corrected chi connectivity index (χ1v) is 12.5. The molecule has 7 heteroatoms. The molecule has 1 heterocycles. The molecular formula is C29H31ClN2O4. The van der Waals surface area contributed by atoms with Gasteiger partial charge in [0.05, 0.1) is 26.7 Å². The summed E-state index contributed by atoms with van der Waals surface area (Å²) in [4.78, 5) is 27.7. The lowest BCUT2D eigenvalue weighted by atomic mass is 9.95. The Morgan fingerprint density at radius 1 is 0.972 bits per heavy atom. The van der Waals surface area contributed by atoms with Crippen molar-refractivity contribution in [3.63, 3.8) is 0 Å². The lowest BCUT2D eigenvalue weighted by Crippen LogP contribution is -2.34. The van der Waals surface area contributed by atoms with Gasteiger partial charge in [-0.25, -0.2) is 4.79 Å². The Bertz CT molecular complexity index is 1210. The average molecular weight is 507 g/mol. The number of hydrogen-bond acceptors (Lipinski definition) is 5. The van der Waals surface area contributed by atoms with Crippen LogP contribution in [0.5, 0.6) is 5.75 Å². The van der Waals surface area contributed by atoms with Gasteiger partial charge in [0.25, 0.3) is 0 Å². The molecule has 1 unspecified atom stereocenters. The summed E-state index contributed by atoms with van der Waals surface area (Å²) in [6.07, 6.45) is 3.70. The van der Waals surface area contributed by atoms with Gasteiger partial charge in [-0.3, -0.25) is 4.79 Å². The van der Waals surface area contributed by atoms with E-state index in [1.807, 2.05) is 36.4 Å². The molecule has 1 saturated heterocycles. The van der Waals surface area contributed by atoms with Crippen molar-refractivity contribution in [2.45, 2.75) is 31.7 Å². The highest BCUT2D eigenvalue weighted by atomic mass is 35.5. The number of para-hydroxylation sites is 1. The molecule has 1 fully saturated rings. The Hall–Kier alpha value is -3.51. The van der Waals surface area contributed by atoms with Crippen molar-refractivity contribution in [3.8, 4) is 5.75 Å². The molecule has 1 aliphatic rings. The van der Waals surface area contributed by atoms with Crippen LogP contribution in [0.1, 0.15) is 52.4 Å². The minimum absolute atomic E-state index is 0.133. The van der Waals surface area contributed by atoms with E-state index in [4.69, 9.17) is 21.1 Å². The van der Waals surface area contributed by atoms with E-state index in [1.165, 1.54) is 20.6 Å². The van der Waals surface area contributed by atoms with E-state index in [2.05, 4.69) is 22.3 Å². The molecule has 6 nitrogen and oxygen atoms in total. The summed E-state index contributed by atoms with van der Waals surface area (Å²) in [5.74, 6) is -0.256. The van der Waals surface area contributed by atoms with Crippen LogP contribution >= 0.6 is 11.6 Å². The van der Waals surface area contributed by atoms with Crippen molar-refractivity contribution in [2.75, 3.05) is 32.2 Å². The number of rotatable bonds is 8. The van der Waals surface area contributed by atoms with Gasteiger partial charge < -0.3 is 19.7 Å². The van der Waals surface area contributed by atoms with Gasteiger partial charge in [-0.2, -0.15) is 0 Å². The van der Waals surface area contributed by atoms with E-state index >= 15 is 0 Å². The molecule has 1 N–H and O–H groups in total. The van der Waals surface area contributed by atoms with Gasteiger partial charge >= 0.3 is 5.97 Å². The number of hydrogen-bond donors (Lipinski definition) is 1. The average Bonchev–Trinajstić information content (AvgIpc) is 2.92. The lowest BCUT2D eigenvalue weighted by molar-refractivity contribution is -0.120. The van der Waals surface area contributed by atoms with Crippen LogP contribution in [0, 0.1) is 0 Å². The second-order valence-electron chi connectivity index (χ2n) is 8.86. The fourth-order valence-corrected chi connectivity index (χ4v) is 4.80. The maximum atomic E-state index is 13.3. The maximum absolute atomic E-state index is 13.3. The fourth-order valence-electron chi connectivity index (χ4n) is 4.67. The maximum Gasteiger partial charge on any atom is 0.341 e. The first kappa shape index (κ1) is 25.6. The van der Waals surface area contributed by atoms with Gasteiger partial charge in [0.15, 0.2) is 0 Å². The molecule has 36 heavy (non-hydrogen) atoms.